The largest absolute Gasteiger partial charge is 0.397 e. The van der Waals surface area contributed by atoms with Crippen molar-refractivity contribution in [3.05, 3.63) is 46.6 Å². The highest BCUT2D eigenvalue weighted by molar-refractivity contribution is 9.10. The first-order valence-electron chi connectivity index (χ1n) is 5.96. The zero-order valence-electron chi connectivity index (χ0n) is 10.7. The quantitative estimate of drug-likeness (QED) is 0.728. The van der Waals surface area contributed by atoms with Crippen molar-refractivity contribution in [2.75, 3.05) is 5.73 Å². The minimum absolute atomic E-state index is 0.377. The summed E-state index contributed by atoms with van der Waals surface area (Å²) in [5, 5.41) is 3.96. The number of pyridine rings is 1. The van der Waals surface area contributed by atoms with E-state index in [-0.39, 0.29) is 0 Å². The fourth-order valence-electron chi connectivity index (χ4n) is 1.82. The minimum atomic E-state index is 0.377. The van der Waals surface area contributed by atoms with Crippen LogP contribution in [0.3, 0.4) is 0 Å². The van der Waals surface area contributed by atoms with Crippen LogP contribution in [0.2, 0.25) is 0 Å². The highest BCUT2D eigenvalue weighted by Crippen LogP contribution is 2.31. The first-order valence-corrected chi connectivity index (χ1v) is 6.75. The maximum atomic E-state index is 6.00. The third kappa shape index (κ3) is 2.30. The van der Waals surface area contributed by atoms with Crippen molar-refractivity contribution in [1.29, 1.82) is 0 Å². The summed E-state index contributed by atoms with van der Waals surface area (Å²) in [6, 6.07) is 9.37. The Kier molecular flexibility index (Phi) is 3.23. The third-order valence-electron chi connectivity index (χ3n) is 2.85. The molecule has 3 aromatic rings. The van der Waals surface area contributed by atoms with Gasteiger partial charge in [-0.2, -0.15) is 4.98 Å². The van der Waals surface area contributed by atoms with Crippen molar-refractivity contribution in [3.8, 4) is 23.0 Å². The predicted octanol–water partition coefficient (Wildman–Crippen LogP) is 3.45. The standard InChI is InChI=1S/C14H11BrN4O/c1-8-5-6-17-11(7-8)13-18-14(20-19-13)9-3-2-4-10(15)12(9)16/h2-7H,16H2,1H3. The Hall–Kier alpha value is -2.21. The lowest BCUT2D eigenvalue weighted by Gasteiger charge is -2.01. The molecule has 0 radical (unpaired) electrons. The molecule has 0 saturated carbocycles. The van der Waals surface area contributed by atoms with E-state index in [0.29, 0.717) is 28.7 Å². The first-order chi connectivity index (χ1) is 9.65. The fourth-order valence-corrected chi connectivity index (χ4v) is 2.19. The number of nitrogen functional groups attached to an aromatic ring is 1. The molecule has 0 atom stereocenters. The van der Waals surface area contributed by atoms with Crippen LogP contribution in [0, 0.1) is 6.92 Å². The molecule has 3 rings (SSSR count). The van der Waals surface area contributed by atoms with Gasteiger partial charge in [-0.25, -0.2) is 0 Å². The Morgan fingerprint density at radius 3 is 2.90 bits per heavy atom. The van der Waals surface area contributed by atoms with Crippen molar-refractivity contribution in [3.63, 3.8) is 0 Å². The lowest BCUT2D eigenvalue weighted by atomic mass is 10.2. The molecule has 1 aromatic carbocycles. The number of hydrogen-bond donors (Lipinski definition) is 1. The van der Waals surface area contributed by atoms with Gasteiger partial charge in [0.2, 0.25) is 5.82 Å². The number of aryl methyl sites for hydroxylation is 1. The lowest BCUT2D eigenvalue weighted by molar-refractivity contribution is 0.432. The predicted molar refractivity (Wildman–Crippen MR) is 79.8 cm³/mol. The summed E-state index contributed by atoms with van der Waals surface area (Å²) in [7, 11) is 0. The number of anilines is 1. The molecule has 0 aliphatic rings. The molecule has 0 spiro atoms. The molecule has 0 aliphatic heterocycles. The Labute approximate surface area is 124 Å². The molecule has 0 amide bonds. The Morgan fingerprint density at radius 1 is 1.25 bits per heavy atom. The topological polar surface area (TPSA) is 77.8 Å². The fraction of sp³-hybridized carbons (Fsp3) is 0.0714. The van der Waals surface area contributed by atoms with Crippen LogP contribution in [-0.2, 0) is 0 Å². The highest BCUT2D eigenvalue weighted by Gasteiger charge is 2.14. The number of nitrogens with zero attached hydrogens (tertiary/aromatic N) is 3. The molecule has 2 N–H and O–H groups in total. The van der Waals surface area contributed by atoms with Crippen molar-refractivity contribution >= 4 is 21.6 Å². The summed E-state index contributed by atoms with van der Waals surface area (Å²) >= 11 is 3.38. The van der Waals surface area contributed by atoms with E-state index in [2.05, 4.69) is 31.1 Å². The Balaban J connectivity index is 2.04. The molecule has 20 heavy (non-hydrogen) atoms. The van der Waals surface area contributed by atoms with E-state index in [1.165, 1.54) is 0 Å². The maximum absolute atomic E-state index is 6.00. The minimum Gasteiger partial charge on any atom is -0.397 e. The summed E-state index contributed by atoms with van der Waals surface area (Å²) < 4.78 is 6.07. The molecule has 5 nitrogen and oxygen atoms in total. The SMILES string of the molecule is Cc1ccnc(-c2noc(-c3cccc(Br)c3N)n2)c1. The number of rotatable bonds is 2. The number of hydrogen-bond acceptors (Lipinski definition) is 5. The first kappa shape index (κ1) is 12.8. The van der Waals surface area contributed by atoms with Crippen molar-refractivity contribution in [2.45, 2.75) is 6.92 Å². The second kappa shape index (κ2) is 5.05. The highest BCUT2D eigenvalue weighted by atomic mass is 79.9. The number of benzene rings is 1. The second-order valence-corrected chi connectivity index (χ2v) is 5.20. The summed E-state index contributed by atoms with van der Waals surface area (Å²) in [4.78, 5) is 8.58. The molecular weight excluding hydrogens is 320 g/mol. The lowest BCUT2D eigenvalue weighted by Crippen LogP contribution is -1.91. The normalized spacial score (nSPS) is 10.7. The van der Waals surface area contributed by atoms with Gasteiger partial charge in [0.05, 0.1) is 11.3 Å². The van der Waals surface area contributed by atoms with Gasteiger partial charge in [-0.1, -0.05) is 11.2 Å². The van der Waals surface area contributed by atoms with Crippen LogP contribution in [0.15, 0.2) is 45.5 Å². The molecule has 6 heteroatoms. The molecule has 2 aromatic heterocycles. The van der Waals surface area contributed by atoms with Gasteiger partial charge in [0.25, 0.3) is 5.89 Å². The van der Waals surface area contributed by atoms with Crippen LogP contribution >= 0.6 is 15.9 Å². The average molecular weight is 331 g/mol. The van der Waals surface area contributed by atoms with Crippen molar-refractivity contribution < 1.29 is 4.52 Å². The van der Waals surface area contributed by atoms with Gasteiger partial charge in [0.15, 0.2) is 0 Å². The zero-order valence-corrected chi connectivity index (χ0v) is 12.3. The number of aromatic nitrogens is 3. The van der Waals surface area contributed by atoms with E-state index >= 15 is 0 Å². The molecule has 0 unspecified atom stereocenters. The van der Waals surface area contributed by atoms with E-state index in [1.54, 1.807) is 6.20 Å². The molecule has 0 aliphatic carbocycles. The van der Waals surface area contributed by atoms with Gasteiger partial charge in [0.1, 0.15) is 5.69 Å². The van der Waals surface area contributed by atoms with Crippen molar-refractivity contribution in [2.24, 2.45) is 0 Å². The summed E-state index contributed by atoms with van der Waals surface area (Å²) in [6.45, 7) is 1.98. The number of halogens is 1. The summed E-state index contributed by atoms with van der Waals surface area (Å²) in [5.74, 6) is 0.824. The van der Waals surface area contributed by atoms with Crippen LogP contribution in [0.1, 0.15) is 5.56 Å². The van der Waals surface area contributed by atoms with Gasteiger partial charge < -0.3 is 10.3 Å². The number of nitrogens with two attached hydrogens (primary N) is 1. The second-order valence-electron chi connectivity index (χ2n) is 4.34. The van der Waals surface area contributed by atoms with E-state index in [9.17, 15) is 0 Å². The van der Waals surface area contributed by atoms with Crippen LogP contribution in [-0.4, -0.2) is 15.1 Å². The van der Waals surface area contributed by atoms with Crippen LogP contribution < -0.4 is 5.73 Å². The molecular formula is C14H11BrN4O. The van der Waals surface area contributed by atoms with Crippen LogP contribution in [0.25, 0.3) is 23.0 Å². The molecule has 0 fully saturated rings. The van der Waals surface area contributed by atoms with Gasteiger partial charge >= 0.3 is 0 Å². The summed E-state index contributed by atoms with van der Waals surface area (Å²) in [6.07, 6.45) is 1.72. The van der Waals surface area contributed by atoms with Gasteiger partial charge in [-0.15, -0.1) is 0 Å². The monoisotopic (exact) mass is 330 g/mol. The number of para-hydroxylation sites is 1. The van der Waals surface area contributed by atoms with E-state index in [0.717, 1.165) is 10.0 Å². The van der Waals surface area contributed by atoms with Gasteiger partial charge in [-0.05, 0) is 52.7 Å². The average Bonchev–Trinajstić information content (AvgIpc) is 2.91. The van der Waals surface area contributed by atoms with Crippen molar-refractivity contribution in [1.82, 2.24) is 15.1 Å². The summed E-state index contributed by atoms with van der Waals surface area (Å²) in [5.41, 5.74) is 9.03. The van der Waals surface area contributed by atoms with E-state index in [1.807, 2.05) is 37.3 Å². The molecule has 100 valence electrons. The maximum Gasteiger partial charge on any atom is 0.260 e. The Bertz CT molecular complexity index is 769. The van der Waals surface area contributed by atoms with Crippen LogP contribution in [0.4, 0.5) is 5.69 Å². The molecule has 0 bridgehead atoms. The zero-order chi connectivity index (χ0) is 14.1. The third-order valence-corrected chi connectivity index (χ3v) is 3.55. The van der Waals surface area contributed by atoms with Gasteiger partial charge in [-0.3, -0.25) is 4.98 Å². The van der Waals surface area contributed by atoms with E-state index < -0.39 is 0 Å². The van der Waals surface area contributed by atoms with Crippen LogP contribution in [0.5, 0.6) is 0 Å². The Morgan fingerprint density at radius 2 is 2.10 bits per heavy atom. The molecule has 2 heterocycles. The molecule has 0 saturated heterocycles. The smallest absolute Gasteiger partial charge is 0.260 e. The van der Waals surface area contributed by atoms with Gasteiger partial charge in [0, 0.05) is 10.7 Å². The van der Waals surface area contributed by atoms with E-state index in [4.69, 9.17) is 10.3 Å².